The summed E-state index contributed by atoms with van der Waals surface area (Å²) in [5, 5.41) is 20.0. The molecule has 1 aliphatic heterocycles. The van der Waals surface area contributed by atoms with E-state index < -0.39 is 35.4 Å². The highest BCUT2D eigenvalue weighted by molar-refractivity contribution is 5.99. The molecule has 2 heterocycles. The number of hydrogen-bond acceptors (Lipinski definition) is 6. The first-order chi connectivity index (χ1) is 15.5. The Balaban J connectivity index is 2.11. The molecule has 7 nitrogen and oxygen atoms in total. The van der Waals surface area contributed by atoms with Crippen LogP contribution in [-0.2, 0) is 11.0 Å². The number of benzene rings is 1. The fourth-order valence-electron chi connectivity index (χ4n) is 3.89. The van der Waals surface area contributed by atoms with Crippen molar-refractivity contribution in [2.24, 2.45) is 0 Å². The number of anilines is 3. The molecule has 3 rings (SSSR count). The Hall–Kier alpha value is -3.32. The normalized spacial score (nSPS) is 18.2. The second-order valence-electron chi connectivity index (χ2n) is 8.14. The molecule has 0 unspecified atom stereocenters. The van der Waals surface area contributed by atoms with Gasteiger partial charge in [0.25, 0.3) is 0 Å². The lowest BCUT2D eigenvalue weighted by atomic mass is 10.1. The van der Waals surface area contributed by atoms with Crippen LogP contribution in [0, 0.1) is 18.3 Å². The Bertz CT molecular complexity index is 1080. The minimum Gasteiger partial charge on any atom is -0.391 e. The Morgan fingerprint density at radius 2 is 2.03 bits per heavy atom. The molecule has 0 radical (unpaired) electrons. The van der Waals surface area contributed by atoms with Crippen molar-refractivity contribution in [3.8, 4) is 6.07 Å². The number of alkyl halides is 3. The molecule has 1 amide bonds. The van der Waals surface area contributed by atoms with E-state index in [1.54, 1.807) is 39.2 Å². The van der Waals surface area contributed by atoms with Crippen LogP contribution in [-0.4, -0.2) is 55.3 Å². The van der Waals surface area contributed by atoms with Crippen molar-refractivity contribution in [1.29, 1.82) is 5.26 Å². The summed E-state index contributed by atoms with van der Waals surface area (Å²) < 4.78 is 41.5. The van der Waals surface area contributed by atoms with Gasteiger partial charge < -0.3 is 19.8 Å². The predicted molar refractivity (Wildman–Crippen MR) is 119 cm³/mol. The van der Waals surface area contributed by atoms with Crippen LogP contribution in [0.1, 0.15) is 30.0 Å². The van der Waals surface area contributed by atoms with Crippen LogP contribution < -0.4 is 14.7 Å². The Labute approximate surface area is 190 Å². The summed E-state index contributed by atoms with van der Waals surface area (Å²) in [5.74, 6) is -0.640. The highest BCUT2D eigenvalue weighted by Crippen LogP contribution is 2.39. The highest BCUT2D eigenvalue weighted by atomic mass is 19.4. The first kappa shape index (κ1) is 24.3. The molecule has 2 aromatic rings. The standard InChI is InChI=1S/C23H26F3N5O2/c1-5-29(3)20-11-18(23(24,25)26)17(12-27)21(28-20)31-13-16(32)10-19(31)22(33)30(4)15-8-6-7-14(2)9-15/h6-9,11,16,19,32H,5,10,13H2,1-4H3/t16-,19-/m0/s1. The monoisotopic (exact) mass is 461 g/mol. The summed E-state index contributed by atoms with van der Waals surface area (Å²) in [4.78, 5) is 21.9. The van der Waals surface area contributed by atoms with Gasteiger partial charge in [0.15, 0.2) is 0 Å². The summed E-state index contributed by atoms with van der Waals surface area (Å²) in [6.07, 6.45) is -5.74. The topological polar surface area (TPSA) is 83.7 Å². The van der Waals surface area contributed by atoms with Crippen molar-refractivity contribution >= 4 is 23.2 Å². The lowest BCUT2D eigenvalue weighted by Crippen LogP contribution is -2.45. The average Bonchev–Trinajstić information content (AvgIpc) is 3.17. The smallest absolute Gasteiger partial charge is 0.391 e. The summed E-state index contributed by atoms with van der Waals surface area (Å²) in [6.45, 7) is 3.91. The lowest BCUT2D eigenvalue weighted by Gasteiger charge is -2.30. The number of rotatable bonds is 5. The predicted octanol–water partition coefficient (Wildman–Crippen LogP) is 3.34. The van der Waals surface area contributed by atoms with E-state index in [-0.39, 0.29) is 24.6 Å². The van der Waals surface area contributed by atoms with Gasteiger partial charge in [-0.05, 0) is 37.6 Å². The molecular weight excluding hydrogens is 435 g/mol. The maximum Gasteiger partial charge on any atom is 0.417 e. The Morgan fingerprint density at radius 1 is 1.33 bits per heavy atom. The van der Waals surface area contributed by atoms with Crippen molar-refractivity contribution in [2.75, 3.05) is 41.9 Å². The fraction of sp³-hybridized carbons (Fsp3) is 0.435. The second kappa shape index (κ2) is 9.27. The summed E-state index contributed by atoms with van der Waals surface area (Å²) >= 11 is 0. The highest BCUT2D eigenvalue weighted by Gasteiger charge is 2.43. The van der Waals surface area contributed by atoms with Gasteiger partial charge in [-0.1, -0.05) is 12.1 Å². The maximum atomic E-state index is 13.8. The molecule has 10 heteroatoms. The number of amides is 1. The number of likely N-dealkylation sites (N-methyl/N-ethyl adjacent to an activating group) is 1. The van der Waals surface area contributed by atoms with Crippen LogP contribution in [0.25, 0.3) is 0 Å². The molecule has 1 aromatic heterocycles. The van der Waals surface area contributed by atoms with E-state index in [1.165, 1.54) is 14.7 Å². The molecule has 0 aliphatic carbocycles. The molecule has 33 heavy (non-hydrogen) atoms. The second-order valence-corrected chi connectivity index (χ2v) is 8.14. The van der Waals surface area contributed by atoms with Gasteiger partial charge in [-0.2, -0.15) is 18.4 Å². The van der Waals surface area contributed by atoms with E-state index >= 15 is 0 Å². The van der Waals surface area contributed by atoms with E-state index in [0.29, 0.717) is 12.2 Å². The fourth-order valence-corrected chi connectivity index (χ4v) is 3.89. The summed E-state index contributed by atoms with van der Waals surface area (Å²) in [7, 11) is 3.16. The van der Waals surface area contributed by atoms with Gasteiger partial charge in [0.1, 0.15) is 29.3 Å². The molecule has 1 N–H and O–H groups in total. The number of carbonyl (C=O) groups is 1. The van der Waals surface area contributed by atoms with E-state index in [0.717, 1.165) is 11.6 Å². The lowest BCUT2D eigenvalue weighted by molar-refractivity contribution is -0.137. The quantitative estimate of drug-likeness (QED) is 0.736. The van der Waals surface area contributed by atoms with Crippen LogP contribution in [0.5, 0.6) is 0 Å². The third-order valence-corrected chi connectivity index (χ3v) is 5.83. The number of halogens is 3. The Kier molecular flexibility index (Phi) is 6.84. The minimum absolute atomic E-state index is 0.0106. The van der Waals surface area contributed by atoms with Gasteiger partial charge >= 0.3 is 6.18 Å². The average molecular weight is 461 g/mol. The third-order valence-electron chi connectivity index (χ3n) is 5.83. The molecule has 1 saturated heterocycles. The number of aliphatic hydroxyl groups excluding tert-OH is 1. The Morgan fingerprint density at radius 3 is 2.61 bits per heavy atom. The summed E-state index contributed by atoms with van der Waals surface area (Å²) in [6, 6.07) is 8.72. The van der Waals surface area contributed by atoms with E-state index in [1.807, 2.05) is 19.1 Å². The van der Waals surface area contributed by atoms with Crippen LogP contribution in [0.4, 0.5) is 30.5 Å². The van der Waals surface area contributed by atoms with Crippen LogP contribution >= 0.6 is 0 Å². The van der Waals surface area contributed by atoms with Crippen LogP contribution in [0.3, 0.4) is 0 Å². The first-order valence-electron chi connectivity index (χ1n) is 10.5. The van der Waals surface area contributed by atoms with Crippen LogP contribution in [0.2, 0.25) is 0 Å². The number of aliphatic hydroxyl groups is 1. The van der Waals surface area contributed by atoms with Crippen molar-refractivity contribution in [1.82, 2.24) is 4.98 Å². The van der Waals surface area contributed by atoms with Crippen molar-refractivity contribution in [2.45, 2.75) is 38.6 Å². The number of pyridine rings is 1. The van der Waals surface area contributed by atoms with Gasteiger partial charge in [0.2, 0.25) is 5.91 Å². The zero-order valence-electron chi connectivity index (χ0n) is 18.9. The van der Waals surface area contributed by atoms with Gasteiger partial charge in [0.05, 0.1) is 11.7 Å². The van der Waals surface area contributed by atoms with E-state index in [4.69, 9.17) is 0 Å². The van der Waals surface area contributed by atoms with Crippen molar-refractivity contribution < 1.29 is 23.1 Å². The van der Waals surface area contributed by atoms with E-state index in [9.17, 15) is 28.3 Å². The molecule has 0 saturated carbocycles. The number of nitrogens with zero attached hydrogens (tertiary/aromatic N) is 5. The van der Waals surface area contributed by atoms with Gasteiger partial charge in [0, 0.05) is 39.3 Å². The summed E-state index contributed by atoms with van der Waals surface area (Å²) in [5.41, 5.74) is -0.231. The number of hydrogen-bond donors (Lipinski definition) is 1. The number of carbonyl (C=O) groups excluding carboxylic acids is 1. The van der Waals surface area contributed by atoms with Gasteiger partial charge in [-0.15, -0.1) is 0 Å². The molecule has 0 spiro atoms. The molecule has 176 valence electrons. The SMILES string of the molecule is CCN(C)c1cc(C(F)(F)F)c(C#N)c(N2C[C@@H](O)C[C@H]2C(=O)N(C)c2cccc(C)c2)n1. The third kappa shape index (κ3) is 4.88. The first-order valence-corrected chi connectivity index (χ1v) is 10.5. The number of aryl methyl sites for hydroxylation is 1. The van der Waals surface area contributed by atoms with Gasteiger partial charge in [-0.3, -0.25) is 4.79 Å². The molecule has 1 aliphatic rings. The molecule has 2 atom stereocenters. The minimum atomic E-state index is -4.79. The van der Waals surface area contributed by atoms with Gasteiger partial charge in [-0.25, -0.2) is 4.98 Å². The van der Waals surface area contributed by atoms with Crippen molar-refractivity contribution in [3.05, 3.63) is 47.0 Å². The van der Waals surface area contributed by atoms with Crippen LogP contribution in [0.15, 0.2) is 30.3 Å². The number of β-amino-alcohol motifs (C(OH)–C–C–N with tert-alkyl or cyclic N) is 1. The zero-order valence-corrected chi connectivity index (χ0v) is 18.9. The molecule has 1 fully saturated rings. The molecule has 0 bridgehead atoms. The maximum absolute atomic E-state index is 13.8. The van der Waals surface area contributed by atoms with E-state index in [2.05, 4.69) is 4.98 Å². The largest absolute Gasteiger partial charge is 0.417 e. The number of aromatic nitrogens is 1. The molecule has 1 aromatic carbocycles. The van der Waals surface area contributed by atoms with Crippen molar-refractivity contribution in [3.63, 3.8) is 0 Å². The number of nitriles is 1. The zero-order chi connectivity index (χ0) is 24.5. The molecular formula is C23H26F3N5O2.